The first-order valence-electron chi connectivity index (χ1n) is 8.33. The number of hydrogen-bond acceptors (Lipinski definition) is 7. The van der Waals surface area contributed by atoms with Gasteiger partial charge < -0.3 is 15.2 Å². The van der Waals surface area contributed by atoms with E-state index in [4.69, 9.17) is 4.74 Å². The number of rotatable bonds is 5. The number of carbonyl (C=O) groups is 1. The summed E-state index contributed by atoms with van der Waals surface area (Å²) < 4.78 is 4.91. The topological polar surface area (TPSA) is 117 Å². The summed E-state index contributed by atoms with van der Waals surface area (Å²) in [6.07, 6.45) is 2.38. The van der Waals surface area contributed by atoms with Crippen molar-refractivity contribution in [3.63, 3.8) is 0 Å². The molecule has 0 radical (unpaired) electrons. The third-order valence-corrected chi connectivity index (χ3v) is 4.91. The molecule has 3 rings (SSSR count). The zero-order valence-corrected chi connectivity index (χ0v) is 15.9. The maximum Gasteiger partial charge on any atom is 0.266 e. The van der Waals surface area contributed by atoms with Crippen molar-refractivity contribution in [1.82, 2.24) is 5.32 Å². The second-order valence-corrected chi connectivity index (χ2v) is 6.86. The van der Waals surface area contributed by atoms with Crippen LogP contribution in [-0.2, 0) is 11.2 Å². The van der Waals surface area contributed by atoms with Crippen molar-refractivity contribution in [2.24, 2.45) is 4.99 Å². The average molecular weight is 398 g/mol. The fourth-order valence-corrected chi connectivity index (χ4v) is 3.38. The highest BCUT2D eigenvalue weighted by atomic mass is 32.2. The largest absolute Gasteiger partial charge is 0.865 e. The second-order valence-electron chi connectivity index (χ2n) is 5.83. The van der Waals surface area contributed by atoms with Crippen molar-refractivity contribution in [2.75, 3.05) is 7.11 Å². The molecule has 0 saturated carbocycles. The van der Waals surface area contributed by atoms with Crippen LogP contribution in [-0.4, -0.2) is 23.1 Å². The molecule has 1 heterocycles. The van der Waals surface area contributed by atoms with E-state index < -0.39 is 16.4 Å². The molecular weight excluding hydrogens is 382 g/mol. The third-order valence-electron chi connectivity index (χ3n) is 4.00. The van der Waals surface area contributed by atoms with Gasteiger partial charge in [0, 0.05) is 11.8 Å². The molecule has 0 atom stereocenters. The highest BCUT2D eigenvalue weighted by Gasteiger charge is 2.24. The Bertz CT molecular complexity index is 999. The van der Waals surface area contributed by atoms with Crippen molar-refractivity contribution in [3.05, 3.63) is 62.5 Å². The van der Waals surface area contributed by atoms with Crippen molar-refractivity contribution in [2.45, 2.75) is 13.3 Å². The lowest BCUT2D eigenvalue weighted by molar-refractivity contribution is -0.398. The van der Waals surface area contributed by atoms with Crippen LogP contribution in [0.25, 0.3) is 6.08 Å². The predicted molar refractivity (Wildman–Crippen MR) is 106 cm³/mol. The van der Waals surface area contributed by atoms with Gasteiger partial charge >= 0.3 is 0 Å². The Balaban J connectivity index is 1.89. The Hall–Kier alpha value is -3.33. The number of aliphatic imine (C=N–C) groups is 1. The number of amides is 1. The van der Waals surface area contributed by atoms with E-state index >= 15 is 0 Å². The summed E-state index contributed by atoms with van der Waals surface area (Å²) in [5, 5.41) is 26.0. The van der Waals surface area contributed by atoms with Gasteiger partial charge in [0.1, 0.15) is 5.75 Å². The van der Waals surface area contributed by atoms with Crippen molar-refractivity contribution in [1.29, 1.82) is 0 Å². The van der Waals surface area contributed by atoms with Crippen LogP contribution in [0.2, 0.25) is 0 Å². The van der Waals surface area contributed by atoms with Gasteiger partial charge in [-0.1, -0.05) is 19.1 Å². The van der Waals surface area contributed by atoms with Crippen LogP contribution in [0.3, 0.4) is 0 Å². The molecule has 1 amide bonds. The Labute approximate surface area is 165 Å². The minimum Gasteiger partial charge on any atom is -0.865 e. The molecular formula is C19H16N3O5S-. The van der Waals surface area contributed by atoms with Crippen LogP contribution in [0, 0.1) is 10.1 Å². The number of nitrogens with one attached hydrogen (secondary N) is 1. The monoisotopic (exact) mass is 398 g/mol. The van der Waals surface area contributed by atoms with Crippen LogP contribution in [0.15, 0.2) is 46.3 Å². The number of benzene rings is 2. The highest BCUT2D eigenvalue weighted by molar-refractivity contribution is 8.18. The first kappa shape index (κ1) is 19.4. The van der Waals surface area contributed by atoms with E-state index in [0.29, 0.717) is 21.3 Å². The Morgan fingerprint density at radius 1 is 1.29 bits per heavy atom. The Kier molecular flexibility index (Phi) is 5.65. The molecule has 0 unspecified atom stereocenters. The summed E-state index contributed by atoms with van der Waals surface area (Å²) in [4.78, 5) is 27.2. The van der Waals surface area contributed by atoms with Crippen LogP contribution in [0.1, 0.15) is 18.1 Å². The SMILES string of the molecule is CCc1ccc(N=C2NC(=O)/C(=C/c3cc(OC)c([O-])c([N+](=O)[O-])c3)S2)cc1. The van der Waals surface area contributed by atoms with Gasteiger partial charge in [0.05, 0.1) is 22.6 Å². The summed E-state index contributed by atoms with van der Waals surface area (Å²) in [7, 11) is 1.25. The summed E-state index contributed by atoms with van der Waals surface area (Å²) in [5.41, 5.74) is 1.59. The lowest BCUT2D eigenvalue weighted by Gasteiger charge is -2.13. The summed E-state index contributed by atoms with van der Waals surface area (Å²) >= 11 is 1.11. The summed E-state index contributed by atoms with van der Waals surface area (Å²) in [6, 6.07) is 10.1. The maximum atomic E-state index is 12.2. The van der Waals surface area contributed by atoms with E-state index in [-0.39, 0.29) is 11.7 Å². The zero-order valence-electron chi connectivity index (χ0n) is 15.1. The van der Waals surface area contributed by atoms with Crippen LogP contribution >= 0.6 is 11.8 Å². The minimum absolute atomic E-state index is 0.158. The quantitative estimate of drug-likeness (QED) is 0.470. The predicted octanol–water partition coefficient (Wildman–Crippen LogP) is 3.13. The molecule has 1 N–H and O–H groups in total. The van der Waals surface area contributed by atoms with E-state index in [9.17, 15) is 20.0 Å². The van der Waals surface area contributed by atoms with Crippen molar-refractivity contribution < 1.29 is 19.6 Å². The summed E-state index contributed by atoms with van der Waals surface area (Å²) in [5.74, 6) is -1.34. The molecule has 0 aliphatic carbocycles. The summed E-state index contributed by atoms with van der Waals surface area (Å²) in [6.45, 7) is 2.06. The van der Waals surface area contributed by atoms with Gasteiger partial charge in [-0.05, 0) is 53.6 Å². The molecule has 28 heavy (non-hydrogen) atoms. The lowest BCUT2D eigenvalue weighted by Crippen LogP contribution is -2.19. The number of hydrogen-bond donors (Lipinski definition) is 1. The second kappa shape index (κ2) is 8.13. The van der Waals surface area contributed by atoms with Gasteiger partial charge in [0.15, 0.2) is 5.17 Å². The molecule has 9 heteroatoms. The minimum atomic E-state index is -0.809. The number of carbonyl (C=O) groups excluding carboxylic acids is 1. The molecule has 1 aliphatic heterocycles. The molecule has 0 aromatic heterocycles. The molecule has 144 valence electrons. The number of nitrogens with zero attached hydrogens (tertiary/aromatic N) is 2. The van der Waals surface area contributed by atoms with Gasteiger partial charge in [-0.25, -0.2) is 4.99 Å². The van der Waals surface area contributed by atoms with Gasteiger partial charge in [-0.2, -0.15) is 0 Å². The first-order chi connectivity index (χ1) is 13.4. The normalized spacial score (nSPS) is 16.4. The molecule has 0 bridgehead atoms. The number of nitro groups is 1. The number of aryl methyl sites for hydroxylation is 1. The van der Waals surface area contributed by atoms with Crippen molar-refractivity contribution in [3.8, 4) is 11.5 Å². The average Bonchev–Trinajstić information content (AvgIpc) is 3.02. The molecule has 1 aliphatic rings. The molecule has 1 saturated heterocycles. The van der Waals surface area contributed by atoms with E-state index in [1.165, 1.54) is 24.8 Å². The Morgan fingerprint density at radius 3 is 2.61 bits per heavy atom. The van der Waals surface area contributed by atoms with Crippen LogP contribution in [0.4, 0.5) is 11.4 Å². The fraction of sp³-hybridized carbons (Fsp3) is 0.158. The maximum absolute atomic E-state index is 12.2. The van der Waals surface area contributed by atoms with E-state index in [0.717, 1.165) is 24.2 Å². The molecule has 1 fully saturated rings. The number of methoxy groups -OCH3 is 1. The molecule has 2 aromatic carbocycles. The van der Waals surface area contributed by atoms with Crippen LogP contribution in [0.5, 0.6) is 11.5 Å². The standard InChI is InChI=1S/C19H17N3O5S/c1-3-11-4-6-13(7-5-11)20-19-21-18(24)16(28-19)10-12-8-14(22(25)26)17(23)15(9-12)27-2/h4-10,23H,3H2,1-2H3,(H,20,21,24)/p-1/b16-10-. The molecule has 8 nitrogen and oxygen atoms in total. The van der Waals surface area contributed by atoms with E-state index in [2.05, 4.69) is 17.2 Å². The van der Waals surface area contributed by atoms with Gasteiger partial charge in [0.25, 0.3) is 11.6 Å². The highest BCUT2D eigenvalue weighted by Crippen LogP contribution is 2.36. The lowest BCUT2D eigenvalue weighted by atomic mass is 10.1. The number of nitro benzene ring substituents is 1. The van der Waals surface area contributed by atoms with Gasteiger partial charge in [0.2, 0.25) is 0 Å². The first-order valence-corrected chi connectivity index (χ1v) is 9.15. The Morgan fingerprint density at radius 2 is 2.00 bits per heavy atom. The number of thioether (sulfide) groups is 1. The van der Waals surface area contributed by atoms with Crippen molar-refractivity contribution >= 4 is 40.3 Å². The number of amidine groups is 1. The van der Waals surface area contributed by atoms with Gasteiger partial charge in [-0.15, -0.1) is 0 Å². The number of ether oxygens (including phenoxy) is 1. The van der Waals surface area contributed by atoms with E-state index in [1.807, 2.05) is 24.3 Å². The van der Waals surface area contributed by atoms with Crippen LogP contribution < -0.4 is 15.2 Å². The van der Waals surface area contributed by atoms with E-state index in [1.54, 1.807) is 0 Å². The third kappa shape index (κ3) is 4.15. The smallest absolute Gasteiger partial charge is 0.266 e. The molecule has 2 aromatic rings. The fourth-order valence-electron chi connectivity index (χ4n) is 2.53. The zero-order chi connectivity index (χ0) is 20.3. The molecule has 0 spiro atoms. The van der Waals surface area contributed by atoms with Gasteiger partial charge in [-0.3, -0.25) is 14.9 Å².